The summed E-state index contributed by atoms with van der Waals surface area (Å²) in [6, 6.07) is 6.53. The molecule has 0 fully saturated rings. The summed E-state index contributed by atoms with van der Waals surface area (Å²) in [5.41, 5.74) is 6.67. The van der Waals surface area contributed by atoms with Crippen molar-refractivity contribution in [2.75, 3.05) is 0 Å². The van der Waals surface area contributed by atoms with Gasteiger partial charge in [0.1, 0.15) is 0 Å². The van der Waals surface area contributed by atoms with Crippen molar-refractivity contribution in [3.05, 3.63) is 77.4 Å². The Morgan fingerprint density at radius 2 is 2.12 bits per heavy atom. The van der Waals surface area contributed by atoms with Crippen LogP contribution in [0.15, 0.2) is 60.7 Å². The number of hydrogen-bond acceptors (Lipinski definition) is 0. The average molecular weight is 206 g/mol. The summed E-state index contributed by atoms with van der Waals surface area (Å²) in [4.78, 5) is 0. The molecule has 1 unspecified atom stereocenters. The van der Waals surface area contributed by atoms with Gasteiger partial charge in [-0.05, 0) is 34.3 Å². The van der Waals surface area contributed by atoms with Crippen LogP contribution >= 0.6 is 0 Å². The highest BCUT2D eigenvalue weighted by atomic mass is 14.3. The molecule has 0 heteroatoms. The van der Waals surface area contributed by atoms with Gasteiger partial charge in [0.15, 0.2) is 0 Å². The Kier molecular flexibility index (Phi) is 1.97. The van der Waals surface area contributed by atoms with Gasteiger partial charge in [-0.1, -0.05) is 55.7 Å². The molecule has 1 aromatic carbocycles. The fourth-order valence-corrected chi connectivity index (χ4v) is 2.71. The van der Waals surface area contributed by atoms with Crippen LogP contribution in [0, 0.1) is 0 Å². The van der Waals surface area contributed by atoms with Gasteiger partial charge in [0, 0.05) is 5.92 Å². The Labute approximate surface area is 96.3 Å². The van der Waals surface area contributed by atoms with Gasteiger partial charge < -0.3 is 0 Å². The highest BCUT2D eigenvalue weighted by Crippen LogP contribution is 2.43. The molecule has 1 atom stereocenters. The van der Waals surface area contributed by atoms with Gasteiger partial charge in [0.2, 0.25) is 0 Å². The molecule has 2 aliphatic carbocycles. The molecule has 0 saturated heterocycles. The predicted molar refractivity (Wildman–Crippen MR) is 69.3 cm³/mol. The number of benzene rings is 1. The Balaban J connectivity index is 2.29. The quantitative estimate of drug-likeness (QED) is 0.651. The van der Waals surface area contributed by atoms with E-state index >= 15 is 0 Å². The maximum absolute atomic E-state index is 4.16. The Morgan fingerprint density at radius 1 is 1.25 bits per heavy atom. The fourth-order valence-electron chi connectivity index (χ4n) is 2.71. The van der Waals surface area contributed by atoms with Crippen LogP contribution in [-0.2, 0) is 6.42 Å². The lowest BCUT2D eigenvalue weighted by molar-refractivity contribution is 0.904. The molecule has 0 radical (unpaired) electrons. The Hall–Kier alpha value is -1.82. The van der Waals surface area contributed by atoms with Crippen LogP contribution in [0.5, 0.6) is 0 Å². The van der Waals surface area contributed by atoms with Gasteiger partial charge in [0.25, 0.3) is 0 Å². The summed E-state index contributed by atoms with van der Waals surface area (Å²) in [5, 5.41) is 0. The van der Waals surface area contributed by atoms with Crippen LogP contribution in [-0.4, -0.2) is 0 Å². The van der Waals surface area contributed by atoms with E-state index in [0.29, 0.717) is 5.92 Å². The number of hydrogen-bond donors (Lipinski definition) is 0. The van der Waals surface area contributed by atoms with E-state index in [1.165, 1.54) is 27.8 Å². The van der Waals surface area contributed by atoms with Crippen LogP contribution in [0.25, 0.3) is 6.08 Å². The number of rotatable bonds is 1. The second-order valence-corrected chi connectivity index (χ2v) is 4.37. The zero-order chi connectivity index (χ0) is 11.1. The van der Waals surface area contributed by atoms with E-state index in [0.717, 1.165) is 6.42 Å². The molecular weight excluding hydrogens is 192 g/mol. The van der Waals surface area contributed by atoms with Crippen molar-refractivity contribution < 1.29 is 0 Å². The summed E-state index contributed by atoms with van der Waals surface area (Å²) >= 11 is 0. The van der Waals surface area contributed by atoms with E-state index in [2.05, 4.69) is 49.6 Å². The molecule has 0 amide bonds. The third kappa shape index (κ3) is 1.16. The largest absolute Gasteiger partial charge is 0.0988 e. The molecule has 0 aliphatic heterocycles. The number of allylic oxidation sites excluding steroid dienone is 5. The summed E-state index contributed by atoms with van der Waals surface area (Å²) in [5.74, 6) is 0.336. The van der Waals surface area contributed by atoms with Crippen molar-refractivity contribution in [1.29, 1.82) is 0 Å². The summed E-state index contributed by atoms with van der Waals surface area (Å²) in [6.07, 6.45) is 9.55. The minimum atomic E-state index is 0.336. The third-order valence-electron chi connectivity index (χ3n) is 3.49. The molecule has 78 valence electrons. The van der Waals surface area contributed by atoms with Gasteiger partial charge in [0.05, 0.1) is 0 Å². The molecule has 16 heavy (non-hydrogen) atoms. The highest BCUT2D eigenvalue weighted by Gasteiger charge is 2.27. The molecule has 0 N–H and O–H groups in total. The molecule has 0 saturated carbocycles. The van der Waals surface area contributed by atoms with E-state index in [4.69, 9.17) is 0 Å². The topological polar surface area (TPSA) is 0 Å². The van der Waals surface area contributed by atoms with Crippen LogP contribution in [0.1, 0.15) is 22.6 Å². The second-order valence-electron chi connectivity index (χ2n) is 4.37. The lowest BCUT2D eigenvalue weighted by Crippen LogP contribution is -2.15. The smallest absolute Gasteiger partial charge is 0.0339 e. The SMILES string of the molecule is C=CC1=CCc2cccc3c2C1C(=C)C=C3. The molecular formula is C16H14. The van der Waals surface area contributed by atoms with E-state index in [-0.39, 0.29) is 0 Å². The van der Waals surface area contributed by atoms with Crippen molar-refractivity contribution in [1.82, 2.24) is 0 Å². The highest BCUT2D eigenvalue weighted by molar-refractivity contribution is 5.69. The molecule has 1 aromatic rings. The lowest BCUT2D eigenvalue weighted by Gasteiger charge is -2.30. The van der Waals surface area contributed by atoms with E-state index in [1.54, 1.807) is 0 Å². The van der Waals surface area contributed by atoms with Crippen LogP contribution < -0.4 is 0 Å². The van der Waals surface area contributed by atoms with Crippen LogP contribution in [0.2, 0.25) is 0 Å². The second kappa shape index (κ2) is 3.34. The van der Waals surface area contributed by atoms with Crippen LogP contribution in [0.3, 0.4) is 0 Å². The summed E-state index contributed by atoms with van der Waals surface area (Å²) < 4.78 is 0. The average Bonchev–Trinajstić information content (AvgIpc) is 2.33. The van der Waals surface area contributed by atoms with Gasteiger partial charge in [-0.2, -0.15) is 0 Å². The zero-order valence-electron chi connectivity index (χ0n) is 9.24. The molecule has 0 bridgehead atoms. The minimum Gasteiger partial charge on any atom is -0.0988 e. The first-order valence-electron chi connectivity index (χ1n) is 5.62. The molecule has 0 aromatic heterocycles. The van der Waals surface area contributed by atoms with Gasteiger partial charge in [-0.15, -0.1) is 0 Å². The molecule has 0 spiro atoms. The first kappa shape index (κ1) is 9.41. The van der Waals surface area contributed by atoms with E-state index in [1.807, 2.05) is 6.08 Å². The standard InChI is InChI=1S/C16H14/c1-3-12-9-10-14-6-4-5-13-8-7-11(2)15(12)16(13)14/h3-9,15H,1-2,10H2. The zero-order valence-corrected chi connectivity index (χ0v) is 9.24. The molecule has 0 heterocycles. The van der Waals surface area contributed by atoms with Gasteiger partial charge in [-0.3, -0.25) is 0 Å². The predicted octanol–water partition coefficient (Wildman–Crippen LogP) is 4.02. The molecule has 2 aliphatic rings. The molecule has 3 rings (SSSR count). The third-order valence-corrected chi connectivity index (χ3v) is 3.49. The van der Waals surface area contributed by atoms with Crippen LogP contribution in [0.4, 0.5) is 0 Å². The lowest BCUT2D eigenvalue weighted by atomic mass is 9.73. The maximum Gasteiger partial charge on any atom is 0.0339 e. The van der Waals surface area contributed by atoms with Gasteiger partial charge in [-0.25, -0.2) is 0 Å². The van der Waals surface area contributed by atoms with Crippen molar-refractivity contribution in [3.63, 3.8) is 0 Å². The monoisotopic (exact) mass is 206 g/mol. The maximum atomic E-state index is 4.16. The first-order valence-corrected chi connectivity index (χ1v) is 5.62. The van der Waals surface area contributed by atoms with Crippen molar-refractivity contribution in [2.24, 2.45) is 0 Å². The molecule has 0 nitrogen and oxygen atoms in total. The van der Waals surface area contributed by atoms with E-state index < -0.39 is 0 Å². The summed E-state index contributed by atoms with van der Waals surface area (Å²) in [7, 11) is 0. The van der Waals surface area contributed by atoms with Crippen molar-refractivity contribution in [3.8, 4) is 0 Å². The minimum absolute atomic E-state index is 0.336. The van der Waals surface area contributed by atoms with Crippen molar-refractivity contribution >= 4 is 6.08 Å². The Morgan fingerprint density at radius 3 is 2.94 bits per heavy atom. The summed E-state index contributed by atoms with van der Waals surface area (Å²) in [6.45, 7) is 8.07. The first-order chi connectivity index (χ1) is 7.81. The van der Waals surface area contributed by atoms with Gasteiger partial charge >= 0.3 is 0 Å². The van der Waals surface area contributed by atoms with E-state index in [9.17, 15) is 0 Å². The fraction of sp³-hybridized carbons (Fsp3) is 0.125. The van der Waals surface area contributed by atoms with Crippen molar-refractivity contribution in [2.45, 2.75) is 12.3 Å². The normalized spacial score (nSPS) is 21.4. The Bertz CT molecular complexity index is 541.